The van der Waals surface area contributed by atoms with Crippen molar-refractivity contribution in [3.8, 4) is 11.3 Å². The highest BCUT2D eigenvalue weighted by Gasteiger charge is 2.39. The molecule has 0 bridgehead atoms. The van der Waals surface area contributed by atoms with Crippen molar-refractivity contribution < 1.29 is 8.42 Å². The summed E-state index contributed by atoms with van der Waals surface area (Å²) in [5.41, 5.74) is 1.35. The van der Waals surface area contributed by atoms with Gasteiger partial charge in [0.15, 0.2) is 0 Å². The highest BCUT2D eigenvalue weighted by molar-refractivity contribution is 7.89. The highest BCUT2D eigenvalue weighted by Crippen LogP contribution is 2.27. The van der Waals surface area contributed by atoms with Gasteiger partial charge in [-0.2, -0.15) is 14.5 Å². The Hall–Kier alpha value is -2.78. The van der Waals surface area contributed by atoms with Crippen molar-refractivity contribution in [3.63, 3.8) is 0 Å². The average Bonchev–Trinajstić information content (AvgIpc) is 3.13. The van der Waals surface area contributed by atoms with Crippen molar-refractivity contribution in [1.29, 1.82) is 0 Å². The Kier molecular flexibility index (Phi) is 4.40. The van der Waals surface area contributed by atoms with Crippen molar-refractivity contribution in [3.05, 3.63) is 65.2 Å². The molecule has 1 aromatic carbocycles. The summed E-state index contributed by atoms with van der Waals surface area (Å²) in [6, 6.07) is 12.4. The van der Waals surface area contributed by atoms with Gasteiger partial charge in [-0.25, -0.2) is 13.1 Å². The van der Waals surface area contributed by atoms with Crippen molar-refractivity contribution in [1.82, 2.24) is 23.9 Å². The number of nitrogens with zero attached hydrogens (tertiary/aromatic N) is 5. The lowest BCUT2D eigenvalue weighted by Crippen LogP contribution is -2.53. The van der Waals surface area contributed by atoms with Gasteiger partial charge < -0.3 is 0 Å². The molecule has 1 aliphatic rings. The van der Waals surface area contributed by atoms with Gasteiger partial charge in [0.2, 0.25) is 10.0 Å². The molecule has 1 aliphatic heterocycles. The molecule has 0 unspecified atom stereocenters. The normalized spacial score (nSPS) is 15.6. The second-order valence-electron chi connectivity index (χ2n) is 6.37. The van der Waals surface area contributed by atoms with Crippen LogP contribution < -0.4 is 5.56 Å². The fourth-order valence-corrected chi connectivity index (χ4v) is 4.49. The van der Waals surface area contributed by atoms with Crippen LogP contribution in [-0.4, -0.2) is 45.4 Å². The van der Waals surface area contributed by atoms with E-state index in [0.29, 0.717) is 12.2 Å². The lowest BCUT2D eigenvalue weighted by molar-refractivity contribution is 0.186. The molecule has 140 valence electrons. The molecule has 0 radical (unpaired) electrons. The first-order valence-electron chi connectivity index (χ1n) is 8.67. The monoisotopic (exact) mass is 385 g/mol. The zero-order valence-corrected chi connectivity index (χ0v) is 15.6. The second kappa shape index (κ2) is 6.75. The first kappa shape index (κ1) is 17.6. The van der Waals surface area contributed by atoms with E-state index in [9.17, 15) is 13.2 Å². The number of aromatic nitrogens is 4. The van der Waals surface area contributed by atoms with Gasteiger partial charge in [0, 0.05) is 37.5 Å². The number of hydrogen-bond donors (Lipinski definition) is 0. The summed E-state index contributed by atoms with van der Waals surface area (Å²) < 4.78 is 29.6. The van der Waals surface area contributed by atoms with Gasteiger partial charge in [-0.05, 0) is 13.0 Å². The van der Waals surface area contributed by atoms with Gasteiger partial charge in [0.25, 0.3) is 5.56 Å². The summed E-state index contributed by atoms with van der Waals surface area (Å²) in [6.45, 7) is 2.92. The van der Waals surface area contributed by atoms with Crippen LogP contribution in [0.5, 0.6) is 0 Å². The molecular formula is C18H19N5O3S. The van der Waals surface area contributed by atoms with Gasteiger partial charge in [-0.15, -0.1) is 0 Å². The minimum atomic E-state index is -3.60. The van der Waals surface area contributed by atoms with E-state index in [2.05, 4.69) is 10.2 Å². The molecule has 0 saturated carbocycles. The van der Waals surface area contributed by atoms with Gasteiger partial charge in [-0.3, -0.25) is 9.48 Å². The Morgan fingerprint density at radius 1 is 1.11 bits per heavy atom. The van der Waals surface area contributed by atoms with Crippen LogP contribution in [0.3, 0.4) is 0 Å². The molecule has 3 heterocycles. The van der Waals surface area contributed by atoms with Gasteiger partial charge in [0.1, 0.15) is 4.90 Å². The summed E-state index contributed by atoms with van der Waals surface area (Å²) in [7, 11) is -3.60. The highest BCUT2D eigenvalue weighted by atomic mass is 32.2. The van der Waals surface area contributed by atoms with Crippen molar-refractivity contribution in [2.75, 3.05) is 13.1 Å². The van der Waals surface area contributed by atoms with Crippen LogP contribution in [0.1, 0.15) is 13.0 Å². The number of rotatable bonds is 5. The maximum atomic E-state index is 12.7. The Morgan fingerprint density at radius 3 is 2.52 bits per heavy atom. The molecule has 1 fully saturated rings. The van der Waals surface area contributed by atoms with Gasteiger partial charge >= 0.3 is 0 Å². The second-order valence-corrected chi connectivity index (χ2v) is 8.31. The first-order valence-corrected chi connectivity index (χ1v) is 10.1. The molecule has 4 rings (SSSR count). The van der Waals surface area contributed by atoms with Crippen molar-refractivity contribution >= 4 is 10.0 Å². The molecule has 0 atom stereocenters. The van der Waals surface area contributed by atoms with Crippen LogP contribution in [0, 0.1) is 0 Å². The molecule has 0 spiro atoms. The number of benzene rings is 1. The third kappa shape index (κ3) is 3.19. The molecule has 2 aromatic heterocycles. The lowest BCUT2D eigenvalue weighted by Gasteiger charge is -2.37. The molecule has 3 aromatic rings. The molecule has 1 saturated heterocycles. The van der Waals surface area contributed by atoms with Crippen molar-refractivity contribution in [2.45, 2.75) is 24.4 Å². The van der Waals surface area contributed by atoms with Crippen molar-refractivity contribution in [2.24, 2.45) is 0 Å². The van der Waals surface area contributed by atoms with E-state index in [1.165, 1.54) is 27.4 Å². The predicted molar refractivity (Wildman–Crippen MR) is 99.6 cm³/mol. The van der Waals surface area contributed by atoms with Crippen LogP contribution in [0.4, 0.5) is 0 Å². The van der Waals surface area contributed by atoms with Crippen LogP contribution in [0.25, 0.3) is 11.3 Å². The third-order valence-corrected chi connectivity index (χ3v) is 6.43. The molecule has 0 N–H and O–H groups in total. The number of sulfonamides is 1. The molecule has 0 amide bonds. The summed E-state index contributed by atoms with van der Waals surface area (Å²) in [5, 5.41) is 8.46. The van der Waals surface area contributed by atoms with Crippen LogP contribution in [-0.2, 0) is 16.6 Å². The Labute approximate surface area is 156 Å². The number of hydrogen-bond acceptors (Lipinski definition) is 5. The SMILES string of the molecule is CCn1cc(S(=O)(=O)N2CC(n3nc(-c4ccccc4)ccc3=O)C2)cn1. The molecule has 0 aliphatic carbocycles. The maximum Gasteiger partial charge on any atom is 0.267 e. The fraction of sp³-hybridized carbons (Fsp3) is 0.278. The molecule has 8 nitrogen and oxygen atoms in total. The third-order valence-electron chi connectivity index (χ3n) is 4.64. The number of aryl methyl sites for hydroxylation is 1. The average molecular weight is 385 g/mol. The molecule has 9 heteroatoms. The van der Waals surface area contributed by atoms with Crippen LogP contribution >= 0.6 is 0 Å². The fourth-order valence-electron chi connectivity index (χ4n) is 3.02. The Bertz CT molecular complexity index is 1120. The summed E-state index contributed by atoms with van der Waals surface area (Å²) >= 11 is 0. The summed E-state index contributed by atoms with van der Waals surface area (Å²) in [4.78, 5) is 12.4. The van der Waals surface area contributed by atoms with Crippen LogP contribution in [0.15, 0.2) is 64.5 Å². The Morgan fingerprint density at radius 2 is 1.85 bits per heavy atom. The first-order chi connectivity index (χ1) is 13.0. The topological polar surface area (TPSA) is 90.1 Å². The van der Waals surface area contributed by atoms with E-state index in [4.69, 9.17) is 0 Å². The van der Waals surface area contributed by atoms with E-state index in [-0.39, 0.29) is 29.6 Å². The van der Waals surface area contributed by atoms with Gasteiger partial charge in [-0.1, -0.05) is 30.3 Å². The van der Waals surface area contributed by atoms with E-state index in [1.807, 2.05) is 37.3 Å². The standard InChI is InChI=1S/C18H19N5O3S/c1-2-21-13-16(10-19-21)27(25,26)22-11-15(12-22)23-18(24)9-8-17(20-23)14-6-4-3-5-7-14/h3-10,13,15H,2,11-12H2,1H3. The molecular weight excluding hydrogens is 366 g/mol. The van der Waals surface area contributed by atoms with Crippen LogP contribution in [0.2, 0.25) is 0 Å². The quantitative estimate of drug-likeness (QED) is 0.662. The van der Waals surface area contributed by atoms with Gasteiger partial charge in [0.05, 0.1) is 17.9 Å². The van der Waals surface area contributed by atoms with E-state index >= 15 is 0 Å². The maximum absolute atomic E-state index is 12.7. The zero-order chi connectivity index (χ0) is 19.0. The largest absolute Gasteiger partial charge is 0.272 e. The Balaban J connectivity index is 1.55. The minimum Gasteiger partial charge on any atom is -0.272 e. The van der Waals surface area contributed by atoms with E-state index < -0.39 is 10.0 Å². The van der Waals surface area contributed by atoms with E-state index in [1.54, 1.807) is 10.7 Å². The minimum absolute atomic E-state index is 0.168. The summed E-state index contributed by atoms with van der Waals surface area (Å²) in [6.07, 6.45) is 2.87. The smallest absolute Gasteiger partial charge is 0.267 e. The predicted octanol–water partition coefficient (Wildman–Crippen LogP) is 1.37. The van der Waals surface area contributed by atoms with E-state index in [0.717, 1.165) is 5.56 Å². The lowest BCUT2D eigenvalue weighted by atomic mass is 10.1. The zero-order valence-electron chi connectivity index (χ0n) is 14.8. The summed E-state index contributed by atoms with van der Waals surface area (Å²) in [5.74, 6) is 0. The molecule has 27 heavy (non-hydrogen) atoms.